The Morgan fingerprint density at radius 1 is 0.966 bits per heavy atom. The first kappa shape index (κ1) is 19.0. The topological polar surface area (TPSA) is 71.4 Å². The average Bonchev–Trinajstić information content (AvgIpc) is 3.39. The molecule has 0 radical (unpaired) electrons. The van der Waals surface area contributed by atoms with Crippen LogP contribution in [-0.2, 0) is 11.2 Å². The molecule has 0 saturated carbocycles. The number of amides is 2. The van der Waals surface area contributed by atoms with Crippen molar-refractivity contribution in [2.24, 2.45) is 5.10 Å². The Kier molecular flexibility index (Phi) is 4.96. The third-order valence-corrected chi connectivity index (χ3v) is 5.36. The summed E-state index contributed by atoms with van der Waals surface area (Å²) in [7, 11) is 3.19. The van der Waals surface area contributed by atoms with Gasteiger partial charge in [-0.1, -0.05) is 0 Å². The second-order valence-electron chi connectivity index (χ2n) is 7.06. The van der Waals surface area contributed by atoms with E-state index in [4.69, 9.17) is 9.47 Å². The number of carbonyl (C=O) groups excluding carboxylic acids is 2. The maximum absolute atomic E-state index is 13.0. The number of nitrogens with zero attached hydrogens (tertiary/aromatic N) is 3. The Balaban J connectivity index is 1.55. The predicted octanol–water partition coefficient (Wildman–Crippen LogP) is 2.86. The van der Waals surface area contributed by atoms with Gasteiger partial charge in [-0.05, 0) is 48.4 Å². The fourth-order valence-electron chi connectivity index (χ4n) is 3.83. The average molecular weight is 393 g/mol. The molecule has 7 heteroatoms. The van der Waals surface area contributed by atoms with Gasteiger partial charge >= 0.3 is 0 Å². The normalized spacial score (nSPS) is 15.2. The number of methoxy groups -OCH3 is 2. The molecule has 29 heavy (non-hydrogen) atoms. The van der Waals surface area contributed by atoms with Crippen LogP contribution in [0.1, 0.15) is 34.8 Å². The Morgan fingerprint density at radius 2 is 1.76 bits per heavy atom. The van der Waals surface area contributed by atoms with Gasteiger partial charge in [0.25, 0.3) is 5.91 Å². The summed E-state index contributed by atoms with van der Waals surface area (Å²) in [6.07, 6.45) is 1.43. The highest BCUT2D eigenvalue weighted by molar-refractivity contribution is 6.05. The lowest BCUT2D eigenvalue weighted by Crippen LogP contribution is -2.26. The largest absolute Gasteiger partial charge is 0.493 e. The maximum Gasteiger partial charge on any atom is 0.273 e. The molecule has 7 nitrogen and oxygen atoms in total. The number of ether oxygens (including phenoxy) is 2. The Hall–Kier alpha value is -3.35. The molecule has 4 rings (SSSR count). The van der Waals surface area contributed by atoms with Crippen molar-refractivity contribution in [3.8, 4) is 11.5 Å². The van der Waals surface area contributed by atoms with Crippen molar-refractivity contribution in [1.82, 2.24) is 5.01 Å². The predicted molar refractivity (Wildman–Crippen MR) is 110 cm³/mol. The molecule has 0 atom stereocenters. The zero-order chi connectivity index (χ0) is 20.5. The number of hydrogen-bond donors (Lipinski definition) is 0. The molecule has 0 saturated heterocycles. The van der Waals surface area contributed by atoms with E-state index in [9.17, 15) is 9.59 Å². The number of rotatable bonds is 4. The van der Waals surface area contributed by atoms with Gasteiger partial charge in [0.05, 0.1) is 26.5 Å². The molecule has 0 fully saturated rings. The summed E-state index contributed by atoms with van der Waals surface area (Å²) in [6, 6.07) is 11.1. The van der Waals surface area contributed by atoms with Crippen molar-refractivity contribution in [1.29, 1.82) is 0 Å². The molecule has 2 aliphatic heterocycles. The SMILES string of the molecule is COc1ccc(C2=NN(C(=O)c3ccc4c(c3)CCN4C(C)=O)CC2)cc1OC. The molecule has 150 valence electrons. The molecule has 2 aromatic rings. The van der Waals surface area contributed by atoms with Gasteiger partial charge in [0, 0.05) is 36.7 Å². The van der Waals surface area contributed by atoms with Gasteiger partial charge in [-0.3, -0.25) is 9.59 Å². The Morgan fingerprint density at radius 3 is 2.48 bits per heavy atom. The summed E-state index contributed by atoms with van der Waals surface area (Å²) >= 11 is 0. The minimum absolute atomic E-state index is 0.0199. The van der Waals surface area contributed by atoms with Crippen molar-refractivity contribution in [3.63, 3.8) is 0 Å². The van der Waals surface area contributed by atoms with Gasteiger partial charge in [0.15, 0.2) is 11.5 Å². The summed E-state index contributed by atoms with van der Waals surface area (Å²) in [5, 5.41) is 6.05. The van der Waals surface area contributed by atoms with Crippen molar-refractivity contribution >= 4 is 23.2 Å². The molecule has 2 amide bonds. The molecular formula is C22H23N3O4. The molecule has 2 heterocycles. The molecule has 0 spiro atoms. The summed E-state index contributed by atoms with van der Waals surface area (Å²) in [5.74, 6) is 1.17. The second kappa shape index (κ2) is 7.58. The van der Waals surface area contributed by atoms with E-state index < -0.39 is 0 Å². The number of carbonyl (C=O) groups is 2. The number of hydrogen-bond acceptors (Lipinski definition) is 5. The van der Waals surface area contributed by atoms with Gasteiger partial charge in [0.2, 0.25) is 5.91 Å². The molecule has 0 aromatic heterocycles. The summed E-state index contributed by atoms with van der Waals surface area (Å²) in [4.78, 5) is 26.4. The quantitative estimate of drug-likeness (QED) is 0.801. The highest BCUT2D eigenvalue weighted by atomic mass is 16.5. The van der Waals surface area contributed by atoms with Crippen LogP contribution in [0.15, 0.2) is 41.5 Å². The van der Waals surface area contributed by atoms with Crippen LogP contribution in [0.25, 0.3) is 0 Å². The highest BCUT2D eigenvalue weighted by Gasteiger charge is 2.27. The Labute approximate surface area is 169 Å². The van der Waals surface area contributed by atoms with Crippen LogP contribution in [0.3, 0.4) is 0 Å². The van der Waals surface area contributed by atoms with Gasteiger partial charge in [0.1, 0.15) is 0 Å². The van der Waals surface area contributed by atoms with Crippen molar-refractivity contribution in [3.05, 3.63) is 53.1 Å². The van der Waals surface area contributed by atoms with Crippen LogP contribution >= 0.6 is 0 Å². The second-order valence-corrected chi connectivity index (χ2v) is 7.06. The smallest absolute Gasteiger partial charge is 0.273 e. The number of hydrazone groups is 1. The van der Waals surface area contributed by atoms with Crippen molar-refractivity contribution < 1.29 is 19.1 Å². The van der Waals surface area contributed by atoms with Crippen LogP contribution in [0, 0.1) is 0 Å². The minimum Gasteiger partial charge on any atom is -0.493 e. The lowest BCUT2D eigenvalue weighted by Gasteiger charge is -2.16. The first-order valence-corrected chi connectivity index (χ1v) is 9.54. The lowest BCUT2D eigenvalue weighted by molar-refractivity contribution is -0.116. The first-order chi connectivity index (χ1) is 14.0. The highest BCUT2D eigenvalue weighted by Crippen LogP contribution is 2.31. The fourth-order valence-corrected chi connectivity index (χ4v) is 3.83. The van der Waals surface area contributed by atoms with Crippen LogP contribution in [0.2, 0.25) is 0 Å². The van der Waals surface area contributed by atoms with Crippen LogP contribution in [0.5, 0.6) is 11.5 Å². The number of benzene rings is 2. The van der Waals surface area contributed by atoms with Gasteiger partial charge in [-0.25, -0.2) is 5.01 Å². The van der Waals surface area contributed by atoms with Crippen molar-refractivity contribution in [2.75, 3.05) is 32.2 Å². The summed E-state index contributed by atoms with van der Waals surface area (Å²) in [5.41, 5.74) is 4.25. The molecule has 2 aromatic carbocycles. The van der Waals surface area contributed by atoms with E-state index in [1.54, 1.807) is 32.1 Å². The van der Waals surface area contributed by atoms with E-state index >= 15 is 0 Å². The van der Waals surface area contributed by atoms with Crippen molar-refractivity contribution in [2.45, 2.75) is 19.8 Å². The van der Waals surface area contributed by atoms with E-state index in [2.05, 4.69) is 5.10 Å². The van der Waals surface area contributed by atoms with Crippen LogP contribution < -0.4 is 14.4 Å². The first-order valence-electron chi connectivity index (χ1n) is 9.54. The van der Waals surface area contributed by atoms with E-state index in [-0.39, 0.29) is 11.8 Å². The molecule has 0 N–H and O–H groups in total. The molecule has 0 unspecified atom stereocenters. The zero-order valence-electron chi connectivity index (χ0n) is 16.8. The maximum atomic E-state index is 13.0. The monoisotopic (exact) mass is 393 g/mol. The standard InChI is InChI=1S/C22H23N3O4/c1-14(26)24-10-8-16-12-17(4-6-19(16)24)22(27)25-11-9-18(23-25)15-5-7-20(28-2)21(13-15)29-3/h4-7,12-13H,8-11H2,1-3H3. The van der Waals surface area contributed by atoms with Gasteiger partial charge in [-0.2, -0.15) is 5.10 Å². The molecule has 0 aliphatic carbocycles. The summed E-state index contributed by atoms with van der Waals surface area (Å²) < 4.78 is 10.6. The summed E-state index contributed by atoms with van der Waals surface area (Å²) in [6.45, 7) is 2.75. The lowest BCUT2D eigenvalue weighted by atomic mass is 10.1. The van der Waals surface area contributed by atoms with E-state index in [1.807, 2.05) is 30.3 Å². The van der Waals surface area contributed by atoms with Gasteiger partial charge in [-0.15, -0.1) is 0 Å². The number of anilines is 1. The Bertz CT molecular complexity index is 1020. The van der Waals surface area contributed by atoms with Crippen LogP contribution in [0.4, 0.5) is 5.69 Å². The fraction of sp³-hybridized carbons (Fsp3) is 0.318. The number of fused-ring (bicyclic) bond motifs is 1. The van der Waals surface area contributed by atoms with Gasteiger partial charge < -0.3 is 14.4 Å². The van der Waals surface area contributed by atoms with E-state index in [1.165, 1.54) is 5.01 Å². The minimum atomic E-state index is -0.135. The molecular weight excluding hydrogens is 370 g/mol. The van der Waals surface area contributed by atoms with Crippen LogP contribution in [-0.4, -0.2) is 49.8 Å². The zero-order valence-corrected chi connectivity index (χ0v) is 16.8. The third-order valence-electron chi connectivity index (χ3n) is 5.36. The molecule has 0 bridgehead atoms. The van der Waals surface area contributed by atoms with E-state index in [0.29, 0.717) is 36.6 Å². The third kappa shape index (κ3) is 3.44. The molecule has 2 aliphatic rings. The van der Waals surface area contributed by atoms with E-state index in [0.717, 1.165) is 28.9 Å².